The Bertz CT molecular complexity index is 712. The SMILES string of the molecule is C1CCOC1.C1CCOC1.C1CCOC1.[CH2-]c1ccc(C)cc1.[CH2-]c1ccc(C)cc1.[CH2-]c1ccc(C)cc1.[La+3]. The predicted molar refractivity (Wildman–Crippen MR) is 167 cm³/mol. The zero-order valence-corrected chi connectivity index (χ0v) is 29.0. The van der Waals surface area contributed by atoms with Crippen molar-refractivity contribution >= 4 is 0 Å². The summed E-state index contributed by atoms with van der Waals surface area (Å²) in [5.74, 6) is 0. The topological polar surface area (TPSA) is 27.7 Å². The van der Waals surface area contributed by atoms with Crippen LogP contribution in [0, 0.1) is 77.1 Å². The Kier molecular flexibility index (Phi) is 25.2. The van der Waals surface area contributed by atoms with Gasteiger partial charge >= 0.3 is 35.6 Å². The first-order valence-corrected chi connectivity index (χ1v) is 14.3. The van der Waals surface area contributed by atoms with Gasteiger partial charge in [0, 0.05) is 39.6 Å². The molecule has 3 aliphatic heterocycles. The fraction of sp³-hybridized carbons (Fsp3) is 0.417. The molecule has 0 atom stereocenters. The van der Waals surface area contributed by atoms with Gasteiger partial charge in [0.05, 0.1) is 0 Å². The molecule has 0 aliphatic carbocycles. The summed E-state index contributed by atoms with van der Waals surface area (Å²) < 4.78 is 14.8. The standard InChI is InChI=1S/3C8H9.3C4H8O.La/c3*1-7-3-5-8(2)6-4-7;3*1-2-4-5-3-1;/h3*3-6H,1H2,2H3;3*1-4H2;/q3*-1;;;;+3. The van der Waals surface area contributed by atoms with E-state index in [1.165, 1.54) is 55.2 Å². The van der Waals surface area contributed by atoms with Gasteiger partial charge in [0.15, 0.2) is 0 Å². The summed E-state index contributed by atoms with van der Waals surface area (Å²) in [6, 6.07) is 24.4. The summed E-state index contributed by atoms with van der Waals surface area (Å²) >= 11 is 0. The summed E-state index contributed by atoms with van der Waals surface area (Å²) in [4.78, 5) is 0. The van der Waals surface area contributed by atoms with Crippen LogP contribution >= 0.6 is 0 Å². The van der Waals surface area contributed by atoms with Crippen LogP contribution in [-0.2, 0) is 14.2 Å². The average Bonchev–Trinajstić information content (AvgIpc) is 3.77. The van der Waals surface area contributed by atoms with Crippen molar-refractivity contribution in [3.05, 3.63) is 127 Å². The second-order valence-electron chi connectivity index (χ2n) is 9.92. The maximum absolute atomic E-state index is 4.94. The van der Waals surface area contributed by atoms with Gasteiger partial charge in [-0.1, -0.05) is 16.7 Å². The van der Waals surface area contributed by atoms with Gasteiger partial charge in [0.1, 0.15) is 0 Å². The van der Waals surface area contributed by atoms with Gasteiger partial charge in [-0.25, -0.2) is 0 Å². The Balaban J connectivity index is 0.000000460. The van der Waals surface area contributed by atoms with E-state index in [0.29, 0.717) is 0 Å². The minimum atomic E-state index is 0. The van der Waals surface area contributed by atoms with Gasteiger partial charge in [0.25, 0.3) is 0 Å². The van der Waals surface area contributed by atoms with Gasteiger partial charge in [0.2, 0.25) is 0 Å². The molecule has 0 spiro atoms. The van der Waals surface area contributed by atoms with Gasteiger partial charge in [-0.2, -0.15) is 73.9 Å². The summed E-state index contributed by atoms with van der Waals surface area (Å²) in [6.45, 7) is 23.5. The minimum absolute atomic E-state index is 0. The van der Waals surface area contributed by atoms with Crippen molar-refractivity contribution < 1.29 is 49.8 Å². The largest absolute Gasteiger partial charge is 3.00 e. The maximum Gasteiger partial charge on any atom is 3.00 e. The molecule has 4 heteroatoms. The maximum atomic E-state index is 4.94. The summed E-state index contributed by atoms with van der Waals surface area (Å²) in [6.07, 6.45) is 7.67. The van der Waals surface area contributed by atoms with Crippen LogP contribution in [0.3, 0.4) is 0 Å². The number of hydrogen-bond donors (Lipinski definition) is 0. The monoisotopic (exact) mass is 670 g/mol. The van der Waals surface area contributed by atoms with Crippen LogP contribution < -0.4 is 0 Å². The normalized spacial score (nSPS) is 14.5. The molecular formula is C36H51LaO3. The molecule has 0 unspecified atom stereocenters. The van der Waals surface area contributed by atoms with Crippen LogP contribution in [0.15, 0.2) is 72.8 Å². The van der Waals surface area contributed by atoms with E-state index in [1.807, 2.05) is 36.4 Å². The molecule has 3 aromatic rings. The quantitative estimate of drug-likeness (QED) is 0.224. The van der Waals surface area contributed by atoms with Gasteiger partial charge < -0.3 is 14.2 Å². The summed E-state index contributed by atoms with van der Waals surface area (Å²) in [5.41, 5.74) is 7.11. The van der Waals surface area contributed by atoms with E-state index in [0.717, 1.165) is 56.3 Å². The van der Waals surface area contributed by atoms with Crippen molar-refractivity contribution in [2.45, 2.75) is 59.3 Å². The molecule has 0 N–H and O–H groups in total. The third-order valence-electron chi connectivity index (χ3n) is 5.84. The van der Waals surface area contributed by atoms with Crippen LogP contribution in [0.25, 0.3) is 0 Å². The van der Waals surface area contributed by atoms with Gasteiger partial charge in [-0.3, -0.25) is 0 Å². The van der Waals surface area contributed by atoms with Crippen molar-refractivity contribution in [2.75, 3.05) is 39.6 Å². The Morgan fingerprint density at radius 1 is 0.375 bits per heavy atom. The van der Waals surface area contributed by atoms with Crippen molar-refractivity contribution in [3.8, 4) is 0 Å². The molecule has 0 radical (unpaired) electrons. The average molecular weight is 671 g/mol. The first kappa shape index (κ1) is 38.3. The summed E-state index contributed by atoms with van der Waals surface area (Å²) in [7, 11) is 0. The second-order valence-corrected chi connectivity index (χ2v) is 9.92. The van der Waals surface area contributed by atoms with Gasteiger partial charge in [-0.15, -0.1) is 36.4 Å². The first-order chi connectivity index (χ1) is 18.9. The third kappa shape index (κ3) is 24.2. The molecular weight excluding hydrogens is 619 g/mol. The molecule has 40 heavy (non-hydrogen) atoms. The molecule has 216 valence electrons. The first-order valence-electron chi connectivity index (χ1n) is 14.3. The number of ether oxygens (including phenoxy) is 3. The van der Waals surface area contributed by atoms with Crippen molar-refractivity contribution in [3.63, 3.8) is 0 Å². The molecule has 3 fully saturated rings. The zero-order chi connectivity index (χ0) is 28.6. The molecule has 0 amide bonds. The molecule has 3 aromatic carbocycles. The Morgan fingerprint density at radius 3 is 0.650 bits per heavy atom. The van der Waals surface area contributed by atoms with Crippen LogP contribution in [0.4, 0.5) is 0 Å². The van der Waals surface area contributed by atoms with E-state index >= 15 is 0 Å². The number of aryl methyl sites for hydroxylation is 3. The second kappa shape index (κ2) is 26.3. The van der Waals surface area contributed by atoms with Crippen LogP contribution in [0.2, 0.25) is 0 Å². The number of benzene rings is 3. The van der Waals surface area contributed by atoms with E-state index < -0.39 is 0 Å². The minimum Gasteiger partial charge on any atom is -0.381 e. The molecule has 0 aromatic heterocycles. The van der Waals surface area contributed by atoms with Crippen molar-refractivity contribution in [1.82, 2.24) is 0 Å². The van der Waals surface area contributed by atoms with E-state index in [2.05, 4.69) is 77.9 Å². The van der Waals surface area contributed by atoms with E-state index in [1.54, 1.807) is 0 Å². The fourth-order valence-electron chi connectivity index (χ4n) is 3.30. The molecule has 0 bridgehead atoms. The van der Waals surface area contributed by atoms with Crippen LogP contribution in [0.5, 0.6) is 0 Å². The Morgan fingerprint density at radius 2 is 0.550 bits per heavy atom. The summed E-state index contributed by atoms with van der Waals surface area (Å²) in [5, 5.41) is 0. The predicted octanol–water partition coefficient (Wildman–Crippen LogP) is 8.92. The van der Waals surface area contributed by atoms with E-state index in [4.69, 9.17) is 14.2 Å². The van der Waals surface area contributed by atoms with Crippen molar-refractivity contribution in [2.24, 2.45) is 0 Å². The van der Waals surface area contributed by atoms with Crippen LogP contribution in [0.1, 0.15) is 71.9 Å². The third-order valence-corrected chi connectivity index (χ3v) is 5.84. The van der Waals surface area contributed by atoms with Crippen LogP contribution in [-0.4, -0.2) is 39.6 Å². The molecule has 3 saturated heterocycles. The van der Waals surface area contributed by atoms with E-state index in [9.17, 15) is 0 Å². The Labute approximate surface area is 274 Å². The molecule has 3 aliphatic rings. The van der Waals surface area contributed by atoms with Crippen molar-refractivity contribution in [1.29, 1.82) is 0 Å². The van der Waals surface area contributed by atoms with Gasteiger partial charge in [-0.05, 0) is 59.3 Å². The zero-order valence-electron chi connectivity index (χ0n) is 25.3. The molecule has 0 saturated carbocycles. The number of hydrogen-bond acceptors (Lipinski definition) is 3. The molecule has 6 rings (SSSR count). The smallest absolute Gasteiger partial charge is 0.381 e. The fourth-order valence-corrected chi connectivity index (χ4v) is 3.30. The molecule has 3 heterocycles. The molecule has 3 nitrogen and oxygen atoms in total. The number of rotatable bonds is 0. The Hall–Kier alpha value is -1.66. The van der Waals surface area contributed by atoms with E-state index in [-0.39, 0.29) is 35.6 Å².